The second kappa shape index (κ2) is 60.1. The molecule has 6 heteroatoms. The molecule has 0 spiro atoms. The van der Waals surface area contributed by atoms with Gasteiger partial charge in [-0.2, -0.15) is 0 Å². The summed E-state index contributed by atoms with van der Waals surface area (Å²) in [5.74, 6) is -0.891. The van der Waals surface area contributed by atoms with Crippen LogP contribution in [-0.4, -0.2) is 37.2 Å². The molecule has 0 fully saturated rings. The number of hydrogen-bond donors (Lipinski definition) is 0. The molecule has 72 heavy (non-hydrogen) atoms. The highest BCUT2D eigenvalue weighted by atomic mass is 16.6. The average molecular weight is 1000 g/mol. The molecule has 0 saturated carbocycles. The molecule has 0 aromatic heterocycles. The van der Waals surface area contributed by atoms with Crippen molar-refractivity contribution in [3.8, 4) is 0 Å². The summed E-state index contributed by atoms with van der Waals surface area (Å²) >= 11 is 0. The van der Waals surface area contributed by atoms with Gasteiger partial charge < -0.3 is 14.2 Å². The lowest BCUT2D eigenvalue weighted by Gasteiger charge is -2.18. The number of ether oxygens (including phenoxy) is 3. The van der Waals surface area contributed by atoms with Crippen molar-refractivity contribution in [2.75, 3.05) is 13.2 Å². The molecule has 6 nitrogen and oxygen atoms in total. The number of unbranched alkanes of at least 4 members (excludes halogenated alkanes) is 30. The third-order valence-corrected chi connectivity index (χ3v) is 13.1. The van der Waals surface area contributed by atoms with Gasteiger partial charge in [0.25, 0.3) is 0 Å². The van der Waals surface area contributed by atoms with E-state index >= 15 is 0 Å². The molecule has 0 saturated heterocycles. The first kappa shape index (κ1) is 68.6. The lowest BCUT2D eigenvalue weighted by Crippen LogP contribution is -2.30. The molecule has 0 aliphatic heterocycles. The molecule has 0 radical (unpaired) electrons. The number of rotatable bonds is 55. The molecule has 1 atom stereocenters. The van der Waals surface area contributed by atoms with Crippen molar-refractivity contribution in [3.63, 3.8) is 0 Å². The van der Waals surface area contributed by atoms with Gasteiger partial charge in [-0.05, 0) is 89.9 Å². The zero-order chi connectivity index (χ0) is 52.2. The summed E-state index contributed by atoms with van der Waals surface area (Å²) < 4.78 is 16.8. The Hall–Kier alpha value is -3.41. The van der Waals surface area contributed by atoms with Crippen molar-refractivity contribution in [1.29, 1.82) is 0 Å². The lowest BCUT2D eigenvalue weighted by molar-refractivity contribution is -0.167. The molecular weight excluding hydrogens is 889 g/mol. The van der Waals surface area contributed by atoms with Crippen LogP contribution in [0.5, 0.6) is 0 Å². The second-order valence-electron chi connectivity index (χ2n) is 20.2. The Morgan fingerprint density at radius 2 is 0.556 bits per heavy atom. The summed E-state index contributed by atoms with van der Waals surface area (Å²) in [4.78, 5) is 37.9. The van der Waals surface area contributed by atoms with E-state index in [9.17, 15) is 14.4 Å². The summed E-state index contributed by atoms with van der Waals surface area (Å²) in [7, 11) is 0. The topological polar surface area (TPSA) is 78.9 Å². The minimum absolute atomic E-state index is 0.0786. The normalized spacial score (nSPS) is 12.7. The SMILES string of the molecule is CC/C=C\C/C=C\C/C=C\C/C=C\C/C=C\CCCCCCCCCCCCCCCCCCCC(=O)OCC(COC(=O)CCCCCCCCC)OC(=O)CCCCCCC/C=C\C/C=C\CCCC. The summed E-state index contributed by atoms with van der Waals surface area (Å²) in [6.45, 7) is 6.45. The fraction of sp³-hybridized carbons (Fsp3) is 0.742. The molecule has 0 aromatic rings. The fourth-order valence-corrected chi connectivity index (χ4v) is 8.55. The Morgan fingerprint density at radius 1 is 0.292 bits per heavy atom. The maximum absolute atomic E-state index is 12.8. The van der Waals surface area contributed by atoms with Crippen LogP contribution in [0.3, 0.4) is 0 Å². The predicted octanol–water partition coefficient (Wildman–Crippen LogP) is 20.7. The molecule has 0 aromatic carbocycles. The van der Waals surface area contributed by atoms with Crippen LogP contribution in [0.1, 0.15) is 297 Å². The maximum atomic E-state index is 12.8. The largest absolute Gasteiger partial charge is 0.462 e. The highest BCUT2D eigenvalue weighted by molar-refractivity contribution is 5.71. The van der Waals surface area contributed by atoms with Crippen LogP contribution >= 0.6 is 0 Å². The Bertz CT molecular complexity index is 1380. The van der Waals surface area contributed by atoms with Crippen molar-refractivity contribution < 1.29 is 28.6 Å². The summed E-state index contributed by atoms with van der Waals surface area (Å²) in [5.41, 5.74) is 0. The van der Waals surface area contributed by atoms with Crippen molar-refractivity contribution in [3.05, 3.63) is 85.1 Å². The number of esters is 3. The first-order valence-electron chi connectivity index (χ1n) is 30.6. The molecule has 0 aliphatic carbocycles. The predicted molar refractivity (Wildman–Crippen MR) is 311 cm³/mol. The summed E-state index contributed by atoms with van der Waals surface area (Å²) in [6.07, 6.45) is 79.1. The zero-order valence-electron chi connectivity index (χ0n) is 47.4. The van der Waals surface area contributed by atoms with E-state index in [1.54, 1.807) is 0 Å². The molecule has 1 unspecified atom stereocenters. The third kappa shape index (κ3) is 57.5. The van der Waals surface area contributed by atoms with Gasteiger partial charge in [-0.1, -0.05) is 273 Å². The van der Waals surface area contributed by atoms with Crippen LogP contribution in [-0.2, 0) is 28.6 Å². The Labute approximate surface area is 445 Å². The minimum atomic E-state index is -0.778. The van der Waals surface area contributed by atoms with E-state index in [4.69, 9.17) is 14.2 Å². The van der Waals surface area contributed by atoms with Gasteiger partial charge in [0.2, 0.25) is 0 Å². The van der Waals surface area contributed by atoms with Gasteiger partial charge >= 0.3 is 17.9 Å². The van der Waals surface area contributed by atoms with Gasteiger partial charge in [-0.25, -0.2) is 0 Å². The minimum Gasteiger partial charge on any atom is -0.462 e. The number of hydrogen-bond acceptors (Lipinski definition) is 6. The van der Waals surface area contributed by atoms with E-state index < -0.39 is 6.10 Å². The number of carbonyl (C=O) groups is 3. The smallest absolute Gasteiger partial charge is 0.306 e. The molecule has 414 valence electrons. The summed E-state index contributed by atoms with van der Waals surface area (Å²) in [5, 5.41) is 0. The van der Waals surface area contributed by atoms with Crippen LogP contribution in [0.2, 0.25) is 0 Å². The maximum Gasteiger partial charge on any atom is 0.306 e. The monoisotopic (exact) mass is 1000 g/mol. The van der Waals surface area contributed by atoms with Gasteiger partial charge in [0.1, 0.15) is 13.2 Å². The lowest BCUT2D eigenvalue weighted by atomic mass is 10.0. The van der Waals surface area contributed by atoms with Crippen molar-refractivity contribution in [2.24, 2.45) is 0 Å². The molecule has 0 amide bonds. The van der Waals surface area contributed by atoms with Gasteiger partial charge in [-0.15, -0.1) is 0 Å². The first-order chi connectivity index (χ1) is 35.5. The standard InChI is InChI=1S/C66H114O6/c1-4-7-10-13-16-18-20-22-24-25-26-27-28-29-30-31-32-33-34-35-36-37-38-39-40-41-42-44-45-47-50-53-56-59-65(68)71-62-63(61-70-64(67)58-55-52-49-15-12-9-6-3)72-66(69)60-57-54-51-48-46-43-23-21-19-17-14-11-8-5-2/h7,10,14,16-18,21-24,26-27,29-30,63H,4-6,8-9,11-13,15,19-20,25,28,31-62H2,1-3H3/b10-7-,17-14-,18-16-,23-21-,24-22-,27-26-,30-29-. The van der Waals surface area contributed by atoms with Crippen LogP contribution in [0.4, 0.5) is 0 Å². The Morgan fingerprint density at radius 3 is 0.889 bits per heavy atom. The quantitative estimate of drug-likeness (QED) is 0.0261. The van der Waals surface area contributed by atoms with Crippen LogP contribution in [0.25, 0.3) is 0 Å². The van der Waals surface area contributed by atoms with Crippen LogP contribution in [0.15, 0.2) is 85.1 Å². The summed E-state index contributed by atoms with van der Waals surface area (Å²) in [6, 6.07) is 0. The third-order valence-electron chi connectivity index (χ3n) is 13.1. The average Bonchev–Trinajstić information content (AvgIpc) is 3.38. The van der Waals surface area contributed by atoms with Crippen molar-refractivity contribution >= 4 is 17.9 Å². The highest BCUT2D eigenvalue weighted by Gasteiger charge is 2.19. The fourth-order valence-electron chi connectivity index (χ4n) is 8.55. The molecular formula is C66H114O6. The van der Waals surface area contributed by atoms with E-state index in [1.807, 2.05) is 0 Å². The number of allylic oxidation sites excluding steroid dienone is 14. The first-order valence-corrected chi connectivity index (χ1v) is 30.6. The Kier molecular flexibility index (Phi) is 57.3. The van der Waals surface area contributed by atoms with E-state index in [0.717, 1.165) is 116 Å². The molecule has 0 bridgehead atoms. The van der Waals surface area contributed by atoms with Crippen molar-refractivity contribution in [1.82, 2.24) is 0 Å². The van der Waals surface area contributed by atoms with Gasteiger partial charge in [-0.3, -0.25) is 14.4 Å². The van der Waals surface area contributed by atoms with E-state index in [0.29, 0.717) is 19.3 Å². The molecule has 0 rings (SSSR count). The van der Waals surface area contributed by atoms with Crippen molar-refractivity contribution in [2.45, 2.75) is 303 Å². The number of carbonyl (C=O) groups excluding carboxylic acids is 3. The second-order valence-corrected chi connectivity index (χ2v) is 20.2. The van der Waals surface area contributed by atoms with E-state index in [2.05, 4.69) is 106 Å². The van der Waals surface area contributed by atoms with Gasteiger partial charge in [0, 0.05) is 19.3 Å². The van der Waals surface area contributed by atoms with E-state index in [-0.39, 0.29) is 31.1 Å². The van der Waals surface area contributed by atoms with Crippen LogP contribution in [0, 0.1) is 0 Å². The van der Waals surface area contributed by atoms with Crippen LogP contribution < -0.4 is 0 Å². The molecule has 0 N–H and O–H groups in total. The van der Waals surface area contributed by atoms with Gasteiger partial charge in [0.05, 0.1) is 0 Å². The Balaban J connectivity index is 4.01. The van der Waals surface area contributed by atoms with Gasteiger partial charge in [0.15, 0.2) is 6.10 Å². The molecule has 0 heterocycles. The zero-order valence-corrected chi connectivity index (χ0v) is 47.4. The van der Waals surface area contributed by atoms with E-state index in [1.165, 1.54) is 141 Å². The molecule has 0 aliphatic rings. The highest BCUT2D eigenvalue weighted by Crippen LogP contribution is 2.16.